The fourth-order valence-corrected chi connectivity index (χ4v) is 1.26. The zero-order valence-corrected chi connectivity index (χ0v) is 8.01. The van der Waals surface area contributed by atoms with E-state index in [1.165, 1.54) is 7.11 Å². The fraction of sp³-hybridized carbons (Fsp3) is 0.833. The third-order valence-electron chi connectivity index (χ3n) is 1.34. The van der Waals surface area contributed by atoms with Crippen LogP contribution in [0.2, 0.25) is 0 Å². The van der Waals surface area contributed by atoms with Gasteiger partial charge in [0.05, 0.1) is 7.11 Å². The van der Waals surface area contributed by atoms with Crippen LogP contribution in [0.5, 0.6) is 0 Å². The molecule has 0 heterocycles. The minimum Gasteiger partial charge on any atom is -0.760 e. The van der Waals surface area contributed by atoms with Crippen LogP contribution in [0, 0.1) is 5.92 Å². The van der Waals surface area contributed by atoms with Gasteiger partial charge in [0.25, 0.3) is 0 Å². The summed E-state index contributed by atoms with van der Waals surface area (Å²) < 4.78 is 26.9. The molecule has 0 aliphatic heterocycles. The Bertz CT molecular complexity index is 182. The van der Waals surface area contributed by atoms with Gasteiger partial charge in [-0.05, 0) is 5.92 Å². The number of hydrogen-bond acceptors (Lipinski definition) is 4. The van der Waals surface area contributed by atoms with Gasteiger partial charge in [-0.15, -0.1) is 0 Å². The number of nitrogens with one attached hydrogen (secondary N) is 1. The summed E-state index contributed by atoms with van der Waals surface area (Å²) in [5, 5.41) is 0. The molecule has 0 aromatic heterocycles. The second-order valence-electron chi connectivity index (χ2n) is 2.60. The topological polar surface area (TPSA) is 78.5 Å². The third kappa shape index (κ3) is 3.80. The molecule has 2 unspecified atom stereocenters. The molecule has 0 bridgehead atoms. The standard InChI is InChI=1S/C6H13NO4S/c1-4(2)5(6(8)11-3)7-12(9)10/h4-5,7H,1-3H3,(H,9,10)/p-1. The number of carbonyl (C=O) groups excluding carboxylic acids is 1. The Kier molecular flexibility index (Phi) is 5.03. The Morgan fingerprint density at radius 1 is 1.58 bits per heavy atom. The first kappa shape index (κ1) is 11.5. The lowest BCUT2D eigenvalue weighted by molar-refractivity contribution is -0.143. The average Bonchev–Trinajstić information content (AvgIpc) is 1.98. The van der Waals surface area contributed by atoms with Crippen LogP contribution in [0.1, 0.15) is 13.8 Å². The summed E-state index contributed by atoms with van der Waals surface area (Å²) in [6, 6.07) is -0.798. The van der Waals surface area contributed by atoms with E-state index in [1.807, 2.05) is 0 Å². The molecule has 0 fully saturated rings. The monoisotopic (exact) mass is 194 g/mol. The summed E-state index contributed by atoms with van der Waals surface area (Å²) >= 11 is -2.44. The summed E-state index contributed by atoms with van der Waals surface area (Å²) in [7, 11) is 1.22. The quantitative estimate of drug-likeness (QED) is 0.486. The Labute approximate surface area is 73.9 Å². The molecule has 0 aliphatic carbocycles. The van der Waals surface area contributed by atoms with Crippen LogP contribution in [0.15, 0.2) is 0 Å². The zero-order valence-electron chi connectivity index (χ0n) is 7.20. The molecule has 0 aliphatic rings. The molecule has 0 aromatic rings. The minimum atomic E-state index is -2.44. The maximum Gasteiger partial charge on any atom is 0.324 e. The summed E-state index contributed by atoms with van der Waals surface area (Å²) in [5.41, 5.74) is 0. The van der Waals surface area contributed by atoms with Crippen molar-refractivity contribution in [3.8, 4) is 0 Å². The summed E-state index contributed by atoms with van der Waals surface area (Å²) in [6.45, 7) is 3.45. The van der Waals surface area contributed by atoms with Crippen LogP contribution < -0.4 is 4.72 Å². The average molecular weight is 194 g/mol. The van der Waals surface area contributed by atoms with E-state index < -0.39 is 23.3 Å². The molecule has 0 amide bonds. The number of hydrogen-bond donors (Lipinski definition) is 1. The highest BCUT2D eigenvalue weighted by Gasteiger charge is 2.22. The molecule has 5 nitrogen and oxygen atoms in total. The molecular formula is C6H12NO4S-. The number of ether oxygens (including phenoxy) is 1. The van der Waals surface area contributed by atoms with Crippen LogP contribution in [-0.4, -0.2) is 27.9 Å². The molecule has 72 valence electrons. The molecule has 0 radical (unpaired) electrons. The van der Waals surface area contributed by atoms with Gasteiger partial charge in [-0.1, -0.05) is 13.8 Å². The van der Waals surface area contributed by atoms with Crippen LogP contribution >= 0.6 is 0 Å². The second-order valence-corrected chi connectivity index (χ2v) is 3.30. The van der Waals surface area contributed by atoms with Crippen LogP contribution in [0.3, 0.4) is 0 Å². The van der Waals surface area contributed by atoms with Gasteiger partial charge >= 0.3 is 5.97 Å². The smallest absolute Gasteiger partial charge is 0.324 e. The number of rotatable bonds is 4. The van der Waals surface area contributed by atoms with Gasteiger partial charge in [-0.3, -0.25) is 9.00 Å². The second kappa shape index (κ2) is 5.23. The van der Waals surface area contributed by atoms with Gasteiger partial charge in [-0.2, -0.15) is 0 Å². The van der Waals surface area contributed by atoms with Crippen molar-refractivity contribution in [1.29, 1.82) is 0 Å². The van der Waals surface area contributed by atoms with Crippen molar-refractivity contribution in [2.75, 3.05) is 7.11 Å². The van der Waals surface area contributed by atoms with Crippen molar-refractivity contribution in [2.45, 2.75) is 19.9 Å². The van der Waals surface area contributed by atoms with Gasteiger partial charge in [0, 0.05) is 11.3 Å². The van der Waals surface area contributed by atoms with E-state index in [2.05, 4.69) is 9.46 Å². The van der Waals surface area contributed by atoms with Gasteiger partial charge < -0.3 is 9.29 Å². The number of methoxy groups -OCH3 is 1. The van der Waals surface area contributed by atoms with E-state index in [0.717, 1.165) is 0 Å². The van der Waals surface area contributed by atoms with E-state index in [1.54, 1.807) is 13.8 Å². The maximum atomic E-state index is 10.9. The lowest BCUT2D eigenvalue weighted by Gasteiger charge is -2.20. The lowest BCUT2D eigenvalue weighted by Crippen LogP contribution is -2.42. The molecule has 0 saturated carbocycles. The van der Waals surface area contributed by atoms with Crippen molar-refractivity contribution in [3.05, 3.63) is 0 Å². The minimum absolute atomic E-state index is 0.129. The van der Waals surface area contributed by atoms with Crippen LogP contribution in [0.25, 0.3) is 0 Å². The van der Waals surface area contributed by atoms with E-state index in [-0.39, 0.29) is 5.92 Å². The van der Waals surface area contributed by atoms with Crippen LogP contribution in [-0.2, 0) is 20.8 Å². The first-order valence-corrected chi connectivity index (χ1v) is 4.49. The summed E-state index contributed by atoms with van der Waals surface area (Å²) in [6.07, 6.45) is 0. The molecule has 0 aromatic carbocycles. The molecule has 2 atom stereocenters. The Morgan fingerprint density at radius 2 is 2.08 bits per heavy atom. The summed E-state index contributed by atoms with van der Waals surface area (Å²) in [5.74, 6) is -0.704. The maximum absolute atomic E-state index is 10.9. The van der Waals surface area contributed by atoms with Gasteiger partial charge in [-0.25, -0.2) is 4.72 Å². The van der Waals surface area contributed by atoms with E-state index in [0.29, 0.717) is 0 Å². The Morgan fingerprint density at radius 3 is 2.33 bits per heavy atom. The number of esters is 1. The SMILES string of the molecule is COC(=O)C(NS(=O)[O-])C(C)C. The predicted octanol–water partition coefficient (Wildman–Crippen LogP) is -0.432. The van der Waals surface area contributed by atoms with Crippen molar-refractivity contribution < 1.29 is 18.3 Å². The van der Waals surface area contributed by atoms with Gasteiger partial charge in [0.2, 0.25) is 0 Å². The normalized spacial score (nSPS) is 15.8. The number of carbonyl (C=O) groups is 1. The third-order valence-corrected chi connectivity index (χ3v) is 1.79. The highest BCUT2D eigenvalue weighted by atomic mass is 32.2. The molecule has 12 heavy (non-hydrogen) atoms. The molecular weight excluding hydrogens is 182 g/mol. The van der Waals surface area contributed by atoms with E-state index in [9.17, 15) is 13.6 Å². The van der Waals surface area contributed by atoms with Gasteiger partial charge in [0.1, 0.15) is 6.04 Å². The molecule has 1 N–H and O–H groups in total. The first-order chi connectivity index (χ1) is 5.49. The Hall–Kier alpha value is -0.460. The lowest BCUT2D eigenvalue weighted by atomic mass is 10.1. The fourth-order valence-electron chi connectivity index (χ4n) is 0.687. The molecule has 0 spiro atoms. The highest BCUT2D eigenvalue weighted by Crippen LogP contribution is 2.03. The molecule has 6 heteroatoms. The van der Waals surface area contributed by atoms with Crippen molar-refractivity contribution in [1.82, 2.24) is 4.72 Å². The zero-order chi connectivity index (χ0) is 9.72. The first-order valence-electron chi connectivity index (χ1n) is 3.42. The van der Waals surface area contributed by atoms with Gasteiger partial charge in [0.15, 0.2) is 0 Å². The van der Waals surface area contributed by atoms with Crippen LogP contribution in [0.4, 0.5) is 0 Å². The predicted molar refractivity (Wildman–Crippen MR) is 42.7 cm³/mol. The van der Waals surface area contributed by atoms with Crippen molar-refractivity contribution in [3.63, 3.8) is 0 Å². The molecule has 0 saturated heterocycles. The molecule has 0 rings (SSSR count). The Balaban J connectivity index is 4.23. The highest BCUT2D eigenvalue weighted by molar-refractivity contribution is 7.77. The van der Waals surface area contributed by atoms with Crippen molar-refractivity contribution >= 4 is 17.2 Å². The largest absolute Gasteiger partial charge is 0.760 e. The van der Waals surface area contributed by atoms with E-state index >= 15 is 0 Å². The van der Waals surface area contributed by atoms with Crippen molar-refractivity contribution in [2.24, 2.45) is 5.92 Å². The van der Waals surface area contributed by atoms with E-state index in [4.69, 9.17) is 0 Å². The summed E-state index contributed by atoms with van der Waals surface area (Å²) in [4.78, 5) is 10.9.